The summed E-state index contributed by atoms with van der Waals surface area (Å²) >= 11 is 0. The molecule has 0 atom stereocenters. The predicted octanol–water partition coefficient (Wildman–Crippen LogP) is 3.46. The number of hydrogen-bond acceptors (Lipinski definition) is 3. The van der Waals surface area contributed by atoms with E-state index in [0.29, 0.717) is 0 Å². The summed E-state index contributed by atoms with van der Waals surface area (Å²) in [5.41, 5.74) is 4.29. The number of fused-ring (bicyclic) bond motifs is 1. The minimum absolute atomic E-state index is 0.0644. The van der Waals surface area contributed by atoms with Crippen LogP contribution in [0.4, 0.5) is 5.95 Å². The summed E-state index contributed by atoms with van der Waals surface area (Å²) in [5, 5.41) is 9.21. The minimum Gasteiger partial charge on any atom is -0.336 e. The van der Waals surface area contributed by atoms with E-state index in [1.807, 2.05) is 0 Å². The van der Waals surface area contributed by atoms with Crippen LogP contribution in [0.2, 0.25) is 0 Å². The van der Waals surface area contributed by atoms with E-state index >= 15 is 0 Å². The van der Waals surface area contributed by atoms with Gasteiger partial charge >= 0.3 is 0 Å². The average molecular weight is 330 g/mol. The molecule has 2 aliphatic rings. The van der Waals surface area contributed by atoms with Crippen molar-refractivity contribution in [2.75, 3.05) is 11.4 Å². The van der Waals surface area contributed by atoms with Crippen LogP contribution in [-0.4, -0.2) is 21.3 Å². The van der Waals surface area contributed by atoms with Crippen molar-refractivity contribution in [3.8, 4) is 0 Å². The van der Waals surface area contributed by atoms with Crippen molar-refractivity contribution >= 4 is 5.95 Å². The van der Waals surface area contributed by atoms with E-state index in [1.165, 1.54) is 16.7 Å². The van der Waals surface area contributed by atoms with E-state index in [0.717, 1.165) is 44.1 Å². The van der Waals surface area contributed by atoms with Gasteiger partial charge in [-0.15, -0.1) is 10.2 Å². The fourth-order valence-corrected chi connectivity index (χ4v) is 4.20. The smallest absolute Gasteiger partial charge is 0.227 e. The molecule has 1 saturated carbocycles. The number of benzene rings is 2. The second-order valence-electron chi connectivity index (χ2n) is 7.27. The molecule has 2 aromatic carbocycles. The molecule has 0 N–H and O–H groups in total. The number of rotatable bonds is 3. The molecule has 1 aromatic heterocycles. The Balaban J connectivity index is 1.48. The zero-order valence-corrected chi connectivity index (χ0v) is 14.5. The van der Waals surface area contributed by atoms with Crippen LogP contribution in [0, 0.1) is 0 Å². The lowest BCUT2D eigenvalue weighted by molar-refractivity contribution is 0.658. The van der Waals surface area contributed by atoms with E-state index < -0.39 is 0 Å². The molecule has 3 aromatic rings. The Labute approximate surface area is 148 Å². The molecule has 1 aliphatic carbocycles. The predicted molar refractivity (Wildman–Crippen MR) is 98.7 cm³/mol. The number of aromatic nitrogens is 3. The highest BCUT2D eigenvalue weighted by Gasteiger charge is 2.50. The van der Waals surface area contributed by atoms with Gasteiger partial charge in [-0.05, 0) is 36.0 Å². The van der Waals surface area contributed by atoms with E-state index in [2.05, 4.69) is 81.3 Å². The highest BCUT2D eigenvalue weighted by molar-refractivity contribution is 5.45. The maximum absolute atomic E-state index is 4.63. The van der Waals surface area contributed by atoms with Crippen LogP contribution in [0.3, 0.4) is 0 Å². The zero-order valence-electron chi connectivity index (χ0n) is 14.5. The molecular weight excluding hydrogens is 308 g/mol. The van der Waals surface area contributed by atoms with E-state index in [9.17, 15) is 0 Å². The fourth-order valence-electron chi connectivity index (χ4n) is 4.20. The maximum atomic E-state index is 4.63. The third-order valence-electron chi connectivity index (χ3n) is 5.77. The highest BCUT2D eigenvalue weighted by Crippen LogP contribution is 2.53. The van der Waals surface area contributed by atoms with Gasteiger partial charge in [0, 0.05) is 20.1 Å². The molecule has 4 nitrogen and oxygen atoms in total. The summed E-state index contributed by atoms with van der Waals surface area (Å²) in [6.07, 6.45) is 3.39. The Kier molecular flexibility index (Phi) is 3.20. The topological polar surface area (TPSA) is 34.0 Å². The molecule has 25 heavy (non-hydrogen) atoms. The monoisotopic (exact) mass is 330 g/mol. The molecule has 5 rings (SSSR count). The van der Waals surface area contributed by atoms with Gasteiger partial charge < -0.3 is 4.90 Å². The molecule has 0 saturated heterocycles. The van der Waals surface area contributed by atoms with Gasteiger partial charge in [0.1, 0.15) is 5.82 Å². The van der Waals surface area contributed by atoms with Gasteiger partial charge in [0.2, 0.25) is 5.95 Å². The van der Waals surface area contributed by atoms with Crippen LogP contribution in [-0.2, 0) is 25.4 Å². The molecule has 0 bridgehead atoms. The van der Waals surface area contributed by atoms with Crippen LogP contribution in [0.15, 0.2) is 54.6 Å². The van der Waals surface area contributed by atoms with Crippen molar-refractivity contribution < 1.29 is 0 Å². The second-order valence-corrected chi connectivity index (χ2v) is 7.27. The Morgan fingerprint density at radius 3 is 2.36 bits per heavy atom. The molecule has 0 amide bonds. The normalized spacial score (nSPS) is 18.0. The largest absolute Gasteiger partial charge is 0.336 e. The molecule has 0 spiro atoms. The molecule has 0 unspecified atom stereocenters. The van der Waals surface area contributed by atoms with E-state index in [-0.39, 0.29) is 5.41 Å². The summed E-state index contributed by atoms with van der Waals surface area (Å²) in [6.45, 7) is 1.92. The van der Waals surface area contributed by atoms with Gasteiger partial charge in [-0.1, -0.05) is 54.6 Å². The summed E-state index contributed by atoms with van der Waals surface area (Å²) in [7, 11) is 2.12. The van der Waals surface area contributed by atoms with Gasteiger partial charge in [0.15, 0.2) is 0 Å². The van der Waals surface area contributed by atoms with Crippen LogP contribution in [0.5, 0.6) is 0 Å². The summed E-state index contributed by atoms with van der Waals surface area (Å²) < 4.78 is 2.22. The third kappa shape index (κ3) is 2.28. The highest BCUT2D eigenvalue weighted by atomic mass is 15.4. The van der Waals surface area contributed by atoms with Crippen molar-refractivity contribution in [2.45, 2.75) is 31.2 Å². The van der Waals surface area contributed by atoms with Gasteiger partial charge in [0.05, 0.1) is 5.41 Å². The molecule has 126 valence electrons. The SMILES string of the molecule is Cn1c(N2CCc3ccccc3C2)nnc1C1(c2ccccc2)CC1. The Morgan fingerprint density at radius 2 is 1.60 bits per heavy atom. The standard InChI is InChI=1S/C21H22N4/c1-24-19(21(12-13-21)18-9-3-2-4-10-18)22-23-20(24)25-14-11-16-7-5-6-8-17(16)15-25/h2-10H,11-15H2,1H3. The lowest BCUT2D eigenvalue weighted by atomic mass is 9.95. The van der Waals surface area contributed by atoms with Crippen LogP contribution < -0.4 is 4.90 Å². The van der Waals surface area contributed by atoms with Gasteiger partial charge in [0.25, 0.3) is 0 Å². The maximum Gasteiger partial charge on any atom is 0.227 e. The Bertz CT molecular complexity index is 909. The summed E-state index contributed by atoms with van der Waals surface area (Å²) in [6, 6.07) is 19.5. The van der Waals surface area contributed by atoms with Crippen LogP contribution in [0.1, 0.15) is 35.4 Å². The van der Waals surface area contributed by atoms with Gasteiger partial charge in [-0.25, -0.2) is 0 Å². The lowest BCUT2D eigenvalue weighted by Crippen LogP contribution is -2.32. The van der Waals surface area contributed by atoms with Crippen molar-refractivity contribution in [3.63, 3.8) is 0 Å². The molecule has 2 heterocycles. The van der Waals surface area contributed by atoms with Crippen molar-refractivity contribution in [1.29, 1.82) is 0 Å². The quantitative estimate of drug-likeness (QED) is 0.737. The molecule has 0 radical (unpaired) electrons. The van der Waals surface area contributed by atoms with Crippen LogP contribution in [0.25, 0.3) is 0 Å². The average Bonchev–Trinajstić information content (AvgIpc) is 3.38. The van der Waals surface area contributed by atoms with E-state index in [1.54, 1.807) is 0 Å². The summed E-state index contributed by atoms with van der Waals surface area (Å²) in [4.78, 5) is 2.36. The first-order valence-electron chi connectivity index (χ1n) is 9.05. The van der Waals surface area contributed by atoms with Crippen molar-refractivity contribution in [2.24, 2.45) is 7.05 Å². The van der Waals surface area contributed by atoms with Gasteiger partial charge in [-0.3, -0.25) is 4.57 Å². The van der Waals surface area contributed by atoms with Gasteiger partial charge in [-0.2, -0.15) is 0 Å². The molecule has 4 heteroatoms. The second kappa shape index (κ2) is 5.45. The Morgan fingerprint density at radius 1 is 0.880 bits per heavy atom. The molecule has 1 aliphatic heterocycles. The lowest BCUT2D eigenvalue weighted by Gasteiger charge is -2.29. The van der Waals surface area contributed by atoms with Crippen LogP contribution >= 0.6 is 0 Å². The number of nitrogens with zero attached hydrogens (tertiary/aromatic N) is 4. The minimum atomic E-state index is 0.0644. The van der Waals surface area contributed by atoms with Crippen molar-refractivity contribution in [3.05, 3.63) is 77.1 Å². The number of hydrogen-bond donors (Lipinski definition) is 0. The zero-order chi connectivity index (χ0) is 16.9. The third-order valence-corrected chi connectivity index (χ3v) is 5.77. The first kappa shape index (κ1) is 14.7. The fraction of sp³-hybridized carbons (Fsp3) is 0.333. The van der Waals surface area contributed by atoms with E-state index in [4.69, 9.17) is 0 Å². The Hall–Kier alpha value is -2.62. The summed E-state index contributed by atoms with van der Waals surface area (Å²) in [5.74, 6) is 2.10. The first-order valence-corrected chi connectivity index (χ1v) is 9.05. The molecular formula is C21H22N4. The molecule has 1 fully saturated rings. The first-order chi connectivity index (χ1) is 12.3. The number of anilines is 1. The van der Waals surface area contributed by atoms with Crippen molar-refractivity contribution in [1.82, 2.24) is 14.8 Å².